The predicted molar refractivity (Wildman–Crippen MR) is 86.0 cm³/mol. The van der Waals surface area contributed by atoms with E-state index in [2.05, 4.69) is 4.98 Å². The van der Waals surface area contributed by atoms with Crippen molar-refractivity contribution in [1.29, 1.82) is 0 Å². The van der Waals surface area contributed by atoms with Gasteiger partial charge in [0.05, 0.1) is 31.7 Å². The van der Waals surface area contributed by atoms with Gasteiger partial charge in [0.25, 0.3) is 5.91 Å². The molecule has 1 amide bonds. The first kappa shape index (κ1) is 15.2. The summed E-state index contributed by atoms with van der Waals surface area (Å²) in [7, 11) is 3.06. The SMILES string of the molecule is COc1c(C(N)=O)cc(-n2cnc(N)c2)c(CC2CC2)c1OC. The minimum Gasteiger partial charge on any atom is -0.492 e. The molecule has 0 radical (unpaired) electrons. The Labute approximate surface area is 134 Å². The molecule has 23 heavy (non-hydrogen) atoms. The largest absolute Gasteiger partial charge is 0.492 e. The van der Waals surface area contributed by atoms with E-state index in [-0.39, 0.29) is 5.56 Å². The first-order valence-corrected chi connectivity index (χ1v) is 7.42. The average Bonchev–Trinajstić information content (AvgIpc) is 3.24. The van der Waals surface area contributed by atoms with Crippen molar-refractivity contribution in [3.8, 4) is 17.2 Å². The van der Waals surface area contributed by atoms with Crippen LogP contribution in [-0.2, 0) is 6.42 Å². The summed E-state index contributed by atoms with van der Waals surface area (Å²) in [5.74, 6) is 1.35. The molecule has 0 atom stereocenters. The molecule has 7 heteroatoms. The Morgan fingerprint density at radius 3 is 2.52 bits per heavy atom. The van der Waals surface area contributed by atoms with Gasteiger partial charge >= 0.3 is 0 Å². The summed E-state index contributed by atoms with van der Waals surface area (Å²) in [6.45, 7) is 0. The number of primary amides is 1. The summed E-state index contributed by atoms with van der Waals surface area (Å²) < 4.78 is 12.7. The molecule has 7 nitrogen and oxygen atoms in total. The minimum absolute atomic E-state index is 0.270. The van der Waals surface area contributed by atoms with Crippen LogP contribution < -0.4 is 20.9 Å². The number of anilines is 1. The first-order chi connectivity index (χ1) is 11.0. The highest BCUT2D eigenvalue weighted by molar-refractivity contribution is 5.97. The summed E-state index contributed by atoms with van der Waals surface area (Å²) in [5, 5.41) is 0. The van der Waals surface area contributed by atoms with E-state index in [1.165, 1.54) is 20.0 Å². The van der Waals surface area contributed by atoms with Crippen LogP contribution in [0.15, 0.2) is 18.6 Å². The molecule has 1 aliphatic rings. The topological polar surface area (TPSA) is 105 Å². The highest BCUT2D eigenvalue weighted by atomic mass is 16.5. The van der Waals surface area contributed by atoms with Crippen LogP contribution in [0.1, 0.15) is 28.8 Å². The number of aromatic nitrogens is 2. The normalized spacial score (nSPS) is 13.8. The molecule has 1 heterocycles. The average molecular weight is 316 g/mol. The van der Waals surface area contributed by atoms with Crippen LogP contribution in [0.25, 0.3) is 5.69 Å². The lowest BCUT2D eigenvalue weighted by atomic mass is 10.00. The van der Waals surface area contributed by atoms with Crippen molar-refractivity contribution >= 4 is 11.7 Å². The minimum atomic E-state index is -0.576. The van der Waals surface area contributed by atoms with Gasteiger partial charge in [0.15, 0.2) is 11.5 Å². The number of nitrogen functional groups attached to an aromatic ring is 1. The summed E-state index contributed by atoms with van der Waals surface area (Å²) in [6.07, 6.45) is 6.52. The Morgan fingerprint density at radius 1 is 1.35 bits per heavy atom. The molecule has 3 rings (SSSR count). The second-order valence-corrected chi connectivity index (χ2v) is 5.71. The Bertz CT molecular complexity index is 750. The Morgan fingerprint density at radius 2 is 2.04 bits per heavy atom. The van der Waals surface area contributed by atoms with Crippen molar-refractivity contribution in [3.63, 3.8) is 0 Å². The van der Waals surface area contributed by atoms with Gasteiger partial charge in [-0.15, -0.1) is 0 Å². The van der Waals surface area contributed by atoms with Gasteiger partial charge in [-0.1, -0.05) is 0 Å². The maximum atomic E-state index is 11.8. The number of carbonyl (C=O) groups excluding carboxylic acids is 1. The van der Waals surface area contributed by atoms with Gasteiger partial charge in [-0.2, -0.15) is 0 Å². The van der Waals surface area contributed by atoms with E-state index in [1.54, 1.807) is 30.3 Å². The molecule has 2 aromatic rings. The van der Waals surface area contributed by atoms with E-state index in [9.17, 15) is 4.79 Å². The predicted octanol–water partition coefficient (Wildman–Crippen LogP) is 1.52. The van der Waals surface area contributed by atoms with Crippen LogP contribution >= 0.6 is 0 Å². The van der Waals surface area contributed by atoms with Gasteiger partial charge < -0.3 is 25.5 Å². The zero-order chi connectivity index (χ0) is 16.6. The van der Waals surface area contributed by atoms with Crippen molar-refractivity contribution in [2.45, 2.75) is 19.3 Å². The molecule has 4 N–H and O–H groups in total. The number of nitrogens with zero attached hydrogens (tertiary/aromatic N) is 2. The lowest BCUT2D eigenvalue weighted by molar-refractivity contribution is 0.0996. The molecule has 1 saturated carbocycles. The summed E-state index contributed by atoms with van der Waals surface area (Å²) in [6, 6.07) is 1.71. The highest BCUT2D eigenvalue weighted by Gasteiger charge is 2.29. The Hall–Kier alpha value is -2.70. The number of benzene rings is 1. The molecule has 1 aromatic carbocycles. The van der Waals surface area contributed by atoms with Gasteiger partial charge in [-0.05, 0) is 31.2 Å². The highest BCUT2D eigenvalue weighted by Crippen LogP contribution is 2.43. The third-order valence-electron chi connectivity index (χ3n) is 4.06. The number of ether oxygens (including phenoxy) is 2. The number of methoxy groups -OCH3 is 2. The fourth-order valence-corrected chi connectivity index (χ4v) is 2.77. The number of amides is 1. The summed E-state index contributed by atoms with van der Waals surface area (Å²) in [4.78, 5) is 15.9. The van der Waals surface area contributed by atoms with Crippen molar-refractivity contribution < 1.29 is 14.3 Å². The van der Waals surface area contributed by atoms with Gasteiger partial charge in [0.1, 0.15) is 12.1 Å². The zero-order valence-electron chi connectivity index (χ0n) is 13.2. The molecule has 0 spiro atoms. The van der Waals surface area contributed by atoms with Crippen molar-refractivity contribution in [3.05, 3.63) is 29.7 Å². The van der Waals surface area contributed by atoms with E-state index in [1.807, 2.05) is 0 Å². The van der Waals surface area contributed by atoms with E-state index < -0.39 is 5.91 Å². The van der Waals surface area contributed by atoms with Crippen molar-refractivity contribution in [2.24, 2.45) is 11.7 Å². The molecule has 1 aliphatic carbocycles. The number of carbonyl (C=O) groups is 1. The molecule has 0 bridgehead atoms. The molecule has 0 saturated heterocycles. The van der Waals surface area contributed by atoms with Gasteiger partial charge in [0.2, 0.25) is 0 Å². The van der Waals surface area contributed by atoms with Gasteiger partial charge in [-0.3, -0.25) is 4.79 Å². The fraction of sp³-hybridized carbons (Fsp3) is 0.375. The molecular formula is C16H20N4O3. The lowest BCUT2D eigenvalue weighted by Gasteiger charge is -2.19. The van der Waals surface area contributed by atoms with Crippen molar-refractivity contribution in [1.82, 2.24) is 9.55 Å². The Kier molecular flexibility index (Phi) is 3.85. The second-order valence-electron chi connectivity index (χ2n) is 5.71. The van der Waals surface area contributed by atoms with Crippen molar-refractivity contribution in [2.75, 3.05) is 20.0 Å². The first-order valence-electron chi connectivity index (χ1n) is 7.42. The number of imidazole rings is 1. The third-order valence-corrected chi connectivity index (χ3v) is 4.06. The smallest absolute Gasteiger partial charge is 0.252 e. The Balaban J connectivity index is 2.25. The summed E-state index contributed by atoms with van der Waals surface area (Å²) >= 11 is 0. The maximum Gasteiger partial charge on any atom is 0.252 e. The van der Waals surface area contributed by atoms with Crippen LogP contribution in [0, 0.1) is 5.92 Å². The van der Waals surface area contributed by atoms with Gasteiger partial charge in [-0.25, -0.2) is 4.98 Å². The van der Waals surface area contributed by atoms with Crippen LogP contribution in [0.2, 0.25) is 0 Å². The number of nitrogens with two attached hydrogens (primary N) is 2. The lowest BCUT2D eigenvalue weighted by Crippen LogP contribution is -2.15. The van der Waals surface area contributed by atoms with Gasteiger partial charge in [0, 0.05) is 5.56 Å². The molecule has 0 unspecified atom stereocenters. The monoisotopic (exact) mass is 316 g/mol. The number of hydrogen-bond donors (Lipinski definition) is 2. The van der Waals surface area contributed by atoms with Crippen LogP contribution in [-0.4, -0.2) is 29.7 Å². The molecular weight excluding hydrogens is 296 g/mol. The van der Waals surface area contributed by atoms with Crippen LogP contribution in [0.4, 0.5) is 5.82 Å². The van der Waals surface area contributed by atoms with E-state index in [4.69, 9.17) is 20.9 Å². The zero-order valence-corrected chi connectivity index (χ0v) is 13.2. The van der Waals surface area contributed by atoms with Crippen LogP contribution in [0.3, 0.4) is 0 Å². The second kappa shape index (κ2) is 5.83. The molecule has 122 valence electrons. The molecule has 0 aliphatic heterocycles. The number of hydrogen-bond acceptors (Lipinski definition) is 5. The fourth-order valence-electron chi connectivity index (χ4n) is 2.77. The quantitative estimate of drug-likeness (QED) is 0.840. The third kappa shape index (κ3) is 2.81. The van der Waals surface area contributed by atoms with E-state index in [0.717, 1.165) is 17.7 Å². The standard InChI is InChI=1S/C16H20N4O3/c1-22-14-10(5-9-3-4-9)12(20-7-13(17)19-8-20)6-11(16(18)21)15(14)23-2/h6-9H,3-5,17H2,1-2H3,(H2,18,21). The number of rotatable bonds is 6. The summed E-state index contributed by atoms with van der Waals surface area (Å²) in [5.41, 5.74) is 13.3. The molecule has 1 aromatic heterocycles. The maximum absolute atomic E-state index is 11.8. The van der Waals surface area contributed by atoms with E-state index in [0.29, 0.717) is 23.2 Å². The van der Waals surface area contributed by atoms with Crippen LogP contribution in [0.5, 0.6) is 11.5 Å². The molecule has 1 fully saturated rings. The van der Waals surface area contributed by atoms with E-state index >= 15 is 0 Å².